The Morgan fingerprint density at radius 3 is 2.46 bits per heavy atom. The first-order chi connectivity index (χ1) is 11.6. The van der Waals surface area contributed by atoms with E-state index in [0.717, 1.165) is 18.4 Å². The summed E-state index contributed by atoms with van der Waals surface area (Å²) in [6.07, 6.45) is 2.11. The van der Waals surface area contributed by atoms with Gasteiger partial charge >= 0.3 is 0 Å². The maximum absolute atomic E-state index is 11.9. The van der Waals surface area contributed by atoms with Crippen molar-refractivity contribution < 1.29 is 14.3 Å². The maximum Gasteiger partial charge on any atom is 0.276 e. The third-order valence-corrected chi connectivity index (χ3v) is 3.43. The Bertz CT molecular complexity index is 696. The van der Waals surface area contributed by atoms with Gasteiger partial charge < -0.3 is 4.74 Å². The lowest BCUT2D eigenvalue weighted by molar-refractivity contribution is -0.123. The Hall–Kier alpha value is -2.82. The van der Waals surface area contributed by atoms with Crippen molar-refractivity contribution in [3.8, 4) is 5.75 Å². The lowest BCUT2D eigenvalue weighted by atomic mass is 10.1. The number of carbonyl (C=O) groups excluding carboxylic acids is 2. The molecular formula is C19H22N2O3. The second-order valence-corrected chi connectivity index (χ2v) is 5.55. The summed E-state index contributed by atoms with van der Waals surface area (Å²) >= 11 is 0. The zero-order valence-corrected chi connectivity index (χ0v) is 14.0. The number of aryl methyl sites for hydroxylation is 2. The molecule has 0 aliphatic heterocycles. The van der Waals surface area contributed by atoms with Crippen LogP contribution >= 0.6 is 0 Å². The van der Waals surface area contributed by atoms with Crippen LogP contribution in [0.3, 0.4) is 0 Å². The van der Waals surface area contributed by atoms with Crippen molar-refractivity contribution in [2.75, 3.05) is 6.61 Å². The molecule has 2 aromatic carbocycles. The SMILES string of the molecule is CCCc1ccc(OCC(=O)NNC(=O)c2cccc(C)c2)cc1. The number of hydrogen-bond donors (Lipinski definition) is 2. The van der Waals surface area contributed by atoms with Gasteiger partial charge in [-0.3, -0.25) is 20.4 Å². The summed E-state index contributed by atoms with van der Waals surface area (Å²) in [4.78, 5) is 23.6. The van der Waals surface area contributed by atoms with Crippen molar-refractivity contribution in [1.82, 2.24) is 10.9 Å². The first-order valence-electron chi connectivity index (χ1n) is 7.96. The van der Waals surface area contributed by atoms with Crippen molar-refractivity contribution in [3.05, 3.63) is 65.2 Å². The molecule has 2 N–H and O–H groups in total. The van der Waals surface area contributed by atoms with Crippen LogP contribution in [-0.2, 0) is 11.2 Å². The van der Waals surface area contributed by atoms with E-state index in [1.54, 1.807) is 18.2 Å². The van der Waals surface area contributed by atoms with E-state index >= 15 is 0 Å². The lowest BCUT2D eigenvalue weighted by Gasteiger charge is -2.09. The van der Waals surface area contributed by atoms with Gasteiger partial charge in [-0.05, 0) is 43.2 Å². The van der Waals surface area contributed by atoms with Gasteiger partial charge in [0, 0.05) is 5.56 Å². The summed E-state index contributed by atoms with van der Waals surface area (Å²) in [5, 5.41) is 0. The Labute approximate surface area is 142 Å². The van der Waals surface area contributed by atoms with E-state index in [1.165, 1.54) is 5.56 Å². The normalized spacial score (nSPS) is 10.1. The molecular weight excluding hydrogens is 304 g/mol. The van der Waals surface area contributed by atoms with Crippen LogP contribution in [0.25, 0.3) is 0 Å². The molecule has 2 aromatic rings. The molecule has 0 radical (unpaired) electrons. The van der Waals surface area contributed by atoms with E-state index in [9.17, 15) is 9.59 Å². The highest BCUT2D eigenvalue weighted by molar-refractivity contribution is 5.95. The topological polar surface area (TPSA) is 67.4 Å². The number of nitrogens with one attached hydrogen (secondary N) is 2. The number of ether oxygens (including phenoxy) is 1. The summed E-state index contributed by atoms with van der Waals surface area (Å²) < 4.78 is 5.39. The molecule has 0 fully saturated rings. The Balaban J connectivity index is 1.76. The van der Waals surface area contributed by atoms with Crippen molar-refractivity contribution in [2.45, 2.75) is 26.7 Å². The number of carbonyl (C=O) groups is 2. The third kappa shape index (κ3) is 5.43. The molecule has 0 bridgehead atoms. The minimum atomic E-state index is -0.423. The van der Waals surface area contributed by atoms with Gasteiger partial charge in [0.2, 0.25) is 0 Å². The minimum absolute atomic E-state index is 0.165. The van der Waals surface area contributed by atoms with Crippen LogP contribution in [0.2, 0.25) is 0 Å². The number of rotatable bonds is 6. The molecule has 5 heteroatoms. The molecule has 0 atom stereocenters. The smallest absolute Gasteiger partial charge is 0.276 e. The molecule has 5 nitrogen and oxygen atoms in total. The van der Waals surface area contributed by atoms with Crippen LogP contribution in [0.4, 0.5) is 0 Å². The number of amides is 2. The summed E-state index contributed by atoms with van der Waals surface area (Å²) in [6, 6.07) is 14.8. The molecule has 0 saturated carbocycles. The molecule has 2 amide bonds. The summed E-state index contributed by atoms with van der Waals surface area (Å²) in [6.45, 7) is 3.86. The maximum atomic E-state index is 11.9. The van der Waals surface area contributed by atoms with Gasteiger partial charge in [0.15, 0.2) is 6.61 Å². The molecule has 0 saturated heterocycles. The molecule has 24 heavy (non-hydrogen) atoms. The molecule has 0 aromatic heterocycles. The predicted octanol–water partition coefficient (Wildman–Crippen LogP) is 2.79. The van der Waals surface area contributed by atoms with Crippen LogP contribution in [0, 0.1) is 6.92 Å². The van der Waals surface area contributed by atoms with E-state index in [-0.39, 0.29) is 12.5 Å². The minimum Gasteiger partial charge on any atom is -0.484 e. The second kappa shape index (κ2) is 8.72. The van der Waals surface area contributed by atoms with Crippen molar-refractivity contribution >= 4 is 11.8 Å². The van der Waals surface area contributed by atoms with Crippen molar-refractivity contribution in [2.24, 2.45) is 0 Å². The van der Waals surface area contributed by atoms with Gasteiger partial charge in [-0.25, -0.2) is 0 Å². The third-order valence-electron chi connectivity index (χ3n) is 3.43. The first kappa shape index (κ1) is 17.5. The zero-order chi connectivity index (χ0) is 17.4. The van der Waals surface area contributed by atoms with Gasteiger partial charge in [0.1, 0.15) is 5.75 Å². The summed E-state index contributed by atoms with van der Waals surface area (Å²) in [5.74, 6) is -0.167. The second-order valence-electron chi connectivity index (χ2n) is 5.55. The quantitative estimate of drug-likeness (QED) is 0.802. The standard InChI is InChI=1S/C19H22N2O3/c1-3-5-15-8-10-17(11-9-15)24-13-18(22)20-21-19(23)16-7-4-6-14(2)12-16/h4,6-12H,3,5,13H2,1-2H3,(H,20,22)(H,21,23). The fraction of sp³-hybridized carbons (Fsp3) is 0.263. The average molecular weight is 326 g/mol. The van der Waals surface area contributed by atoms with E-state index in [4.69, 9.17) is 4.74 Å². The Kier molecular flexibility index (Phi) is 6.37. The molecule has 0 spiro atoms. The van der Waals surface area contributed by atoms with Crippen molar-refractivity contribution in [1.29, 1.82) is 0 Å². The van der Waals surface area contributed by atoms with E-state index in [0.29, 0.717) is 11.3 Å². The van der Waals surface area contributed by atoms with Gasteiger partial charge in [0.25, 0.3) is 11.8 Å². The van der Waals surface area contributed by atoms with E-state index in [2.05, 4.69) is 17.8 Å². The Morgan fingerprint density at radius 2 is 1.79 bits per heavy atom. The monoisotopic (exact) mass is 326 g/mol. The van der Waals surface area contributed by atoms with Gasteiger partial charge in [-0.2, -0.15) is 0 Å². The van der Waals surface area contributed by atoms with Crippen LogP contribution < -0.4 is 15.6 Å². The van der Waals surface area contributed by atoms with Crippen LogP contribution in [0.5, 0.6) is 5.75 Å². The highest BCUT2D eigenvalue weighted by atomic mass is 16.5. The highest BCUT2D eigenvalue weighted by Crippen LogP contribution is 2.13. The van der Waals surface area contributed by atoms with Crippen LogP contribution in [0.15, 0.2) is 48.5 Å². The predicted molar refractivity (Wildman–Crippen MR) is 92.7 cm³/mol. The summed E-state index contributed by atoms with van der Waals surface area (Å²) in [7, 11) is 0. The molecule has 0 aliphatic carbocycles. The number of benzene rings is 2. The largest absolute Gasteiger partial charge is 0.484 e. The zero-order valence-electron chi connectivity index (χ0n) is 14.0. The number of hydrogen-bond acceptors (Lipinski definition) is 3. The molecule has 2 rings (SSSR count). The molecule has 0 heterocycles. The average Bonchev–Trinajstić information content (AvgIpc) is 2.59. The van der Waals surface area contributed by atoms with Gasteiger partial charge in [0.05, 0.1) is 0 Å². The van der Waals surface area contributed by atoms with E-state index < -0.39 is 5.91 Å². The highest BCUT2D eigenvalue weighted by Gasteiger charge is 2.08. The lowest BCUT2D eigenvalue weighted by Crippen LogP contribution is -2.43. The molecule has 126 valence electrons. The molecule has 0 unspecified atom stereocenters. The van der Waals surface area contributed by atoms with E-state index in [1.807, 2.05) is 37.3 Å². The fourth-order valence-electron chi connectivity index (χ4n) is 2.21. The first-order valence-corrected chi connectivity index (χ1v) is 7.96. The van der Waals surface area contributed by atoms with Gasteiger partial charge in [-0.1, -0.05) is 43.2 Å². The van der Waals surface area contributed by atoms with Gasteiger partial charge in [-0.15, -0.1) is 0 Å². The number of hydrazine groups is 1. The summed E-state index contributed by atoms with van der Waals surface area (Å²) in [5.41, 5.74) is 7.41. The Morgan fingerprint density at radius 1 is 1.04 bits per heavy atom. The van der Waals surface area contributed by atoms with Crippen molar-refractivity contribution in [3.63, 3.8) is 0 Å². The fourth-order valence-corrected chi connectivity index (χ4v) is 2.21. The molecule has 0 aliphatic rings. The van der Waals surface area contributed by atoms with Crippen LogP contribution in [0.1, 0.15) is 34.8 Å². The van der Waals surface area contributed by atoms with Crippen LogP contribution in [-0.4, -0.2) is 18.4 Å².